The highest BCUT2D eigenvalue weighted by atomic mass is 16.5. The maximum absolute atomic E-state index is 5.67. The minimum atomic E-state index is 0.605. The zero-order valence-corrected chi connectivity index (χ0v) is 15.1. The summed E-state index contributed by atoms with van der Waals surface area (Å²) in [7, 11) is 5.81. The van der Waals surface area contributed by atoms with Crippen LogP contribution < -0.4 is 5.32 Å². The first-order chi connectivity index (χ1) is 11.2. The van der Waals surface area contributed by atoms with Crippen LogP contribution in [0, 0.1) is 11.8 Å². The lowest BCUT2D eigenvalue weighted by Gasteiger charge is -2.30. The Morgan fingerprint density at radius 1 is 1.13 bits per heavy atom. The van der Waals surface area contributed by atoms with E-state index in [4.69, 9.17) is 9.47 Å². The van der Waals surface area contributed by atoms with Crippen molar-refractivity contribution in [3.8, 4) is 0 Å². The SMILES string of the molecule is CN=C(NCC1CCN(C)CC1)N1CCC(COCCOC)C1. The summed E-state index contributed by atoms with van der Waals surface area (Å²) in [5, 5.41) is 3.59. The number of hydrogen-bond donors (Lipinski definition) is 1. The molecule has 0 aliphatic carbocycles. The number of rotatable bonds is 7. The lowest BCUT2D eigenvalue weighted by Crippen LogP contribution is -2.43. The molecule has 1 unspecified atom stereocenters. The summed E-state index contributed by atoms with van der Waals surface area (Å²) < 4.78 is 10.7. The van der Waals surface area contributed by atoms with E-state index in [-0.39, 0.29) is 0 Å². The van der Waals surface area contributed by atoms with Crippen LogP contribution >= 0.6 is 0 Å². The molecule has 6 heteroatoms. The topological polar surface area (TPSA) is 49.3 Å². The fraction of sp³-hybridized carbons (Fsp3) is 0.941. The van der Waals surface area contributed by atoms with Crippen molar-refractivity contribution in [2.45, 2.75) is 19.3 Å². The summed E-state index contributed by atoms with van der Waals surface area (Å²) in [5.74, 6) is 2.44. The standard InChI is InChI=1S/C17H34N4O2/c1-18-17(19-12-15-4-7-20(2)8-5-15)21-9-6-16(13-21)14-23-11-10-22-3/h15-16H,4-14H2,1-3H3,(H,18,19). The molecule has 0 spiro atoms. The van der Waals surface area contributed by atoms with E-state index in [1.807, 2.05) is 7.05 Å². The smallest absolute Gasteiger partial charge is 0.193 e. The summed E-state index contributed by atoms with van der Waals surface area (Å²) in [6.07, 6.45) is 3.76. The first kappa shape index (κ1) is 18.5. The van der Waals surface area contributed by atoms with Crippen molar-refractivity contribution in [2.75, 3.05) is 73.7 Å². The Morgan fingerprint density at radius 2 is 1.87 bits per heavy atom. The molecule has 0 bridgehead atoms. The number of nitrogens with one attached hydrogen (secondary N) is 1. The van der Waals surface area contributed by atoms with Crippen molar-refractivity contribution in [1.82, 2.24) is 15.1 Å². The average Bonchev–Trinajstić information content (AvgIpc) is 3.03. The Hall–Kier alpha value is -0.850. The first-order valence-corrected chi connectivity index (χ1v) is 8.93. The predicted molar refractivity (Wildman–Crippen MR) is 94.0 cm³/mol. The van der Waals surface area contributed by atoms with Crippen LogP contribution in [0.25, 0.3) is 0 Å². The molecule has 0 amide bonds. The lowest BCUT2D eigenvalue weighted by molar-refractivity contribution is 0.0536. The van der Waals surface area contributed by atoms with Crippen LogP contribution in [0.4, 0.5) is 0 Å². The van der Waals surface area contributed by atoms with Crippen molar-refractivity contribution < 1.29 is 9.47 Å². The Balaban J connectivity index is 1.66. The molecule has 0 aromatic rings. The molecule has 1 N–H and O–H groups in total. The third-order valence-corrected chi connectivity index (χ3v) is 4.97. The summed E-state index contributed by atoms with van der Waals surface area (Å²) in [6.45, 7) is 7.79. The number of hydrogen-bond acceptors (Lipinski definition) is 4. The van der Waals surface area contributed by atoms with E-state index in [1.54, 1.807) is 7.11 Å². The average molecular weight is 326 g/mol. The Morgan fingerprint density at radius 3 is 2.57 bits per heavy atom. The van der Waals surface area contributed by atoms with E-state index in [9.17, 15) is 0 Å². The van der Waals surface area contributed by atoms with Crippen molar-refractivity contribution in [3.05, 3.63) is 0 Å². The van der Waals surface area contributed by atoms with Gasteiger partial charge in [-0.1, -0.05) is 0 Å². The Labute approximate surface area is 141 Å². The first-order valence-electron chi connectivity index (χ1n) is 8.93. The molecule has 6 nitrogen and oxygen atoms in total. The van der Waals surface area contributed by atoms with Crippen LogP contribution in [-0.2, 0) is 9.47 Å². The van der Waals surface area contributed by atoms with Gasteiger partial charge in [0.15, 0.2) is 5.96 Å². The van der Waals surface area contributed by atoms with Gasteiger partial charge in [-0.15, -0.1) is 0 Å². The number of aliphatic imine (C=N–C) groups is 1. The van der Waals surface area contributed by atoms with Gasteiger partial charge in [0.25, 0.3) is 0 Å². The second kappa shape index (κ2) is 10.1. The van der Waals surface area contributed by atoms with Crippen molar-refractivity contribution in [3.63, 3.8) is 0 Å². The molecule has 2 heterocycles. The molecule has 0 saturated carbocycles. The highest BCUT2D eigenvalue weighted by molar-refractivity contribution is 5.80. The largest absolute Gasteiger partial charge is 0.382 e. The number of methoxy groups -OCH3 is 1. The van der Waals surface area contributed by atoms with Crippen LogP contribution in [-0.4, -0.2) is 89.5 Å². The van der Waals surface area contributed by atoms with Gasteiger partial charge in [0, 0.05) is 39.7 Å². The predicted octanol–water partition coefficient (Wildman–Crippen LogP) is 0.889. The van der Waals surface area contributed by atoms with Gasteiger partial charge in [-0.25, -0.2) is 0 Å². The molecule has 2 aliphatic rings. The van der Waals surface area contributed by atoms with Gasteiger partial charge in [0.1, 0.15) is 0 Å². The highest BCUT2D eigenvalue weighted by Gasteiger charge is 2.25. The molecular formula is C17H34N4O2. The third-order valence-electron chi connectivity index (χ3n) is 4.97. The maximum Gasteiger partial charge on any atom is 0.193 e. The molecule has 0 aromatic carbocycles. The Bertz CT molecular complexity index is 357. The van der Waals surface area contributed by atoms with E-state index in [2.05, 4.69) is 27.2 Å². The monoisotopic (exact) mass is 326 g/mol. The van der Waals surface area contributed by atoms with E-state index in [0.717, 1.165) is 38.1 Å². The molecule has 2 rings (SSSR count). The van der Waals surface area contributed by atoms with E-state index in [0.29, 0.717) is 19.1 Å². The third kappa shape index (κ3) is 6.28. The van der Waals surface area contributed by atoms with Gasteiger partial charge in [-0.2, -0.15) is 0 Å². The van der Waals surface area contributed by atoms with Crippen molar-refractivity contribution in [1.29, 1.82) is 0 Å². The van der Waals surface area contributed by atoms with Gasteiger partial charge in [0.05, 0.1) is 19.8 Å². The molecule has 1 atom stereocenters. The van der Waals surface area contributed by atoms with Crippen LogP contribution in [0.1, 0.15) is 19.3 Å². The van der Waals surface area contributed by atoms with Gasteiger partial charge in [-0.05, 0) is 45.3 Å². The molecule has 0 aromatic heterocycles. The molecular weight excluding hydrogens is 292 g/mol. The van der Waals surface area contributed by atoms with Gasteiger partial charge >= 0.3 is 0 Å². The fourth-order valence-corrected chi connectivity index (χ4v) is 3.39. The Kier molecular flexibility index (Phi) is 8.12. The fourth-order valence-electron chi connectivity index (χ4n) is 3.39. The maximum atomic E-state index is 5.67. The summed E-state index contributed by atoms with van der Waals surface area (Å²) in [5.41, 5.74) is 0. The minimum absolute atomic E-state index is 0.605. The van der Waals surface area contributed by atoms with Crippen molar-refractivity contribution >= 4 is 5.96 Å². The summed E-state index contributed by atoms with van der Waals surface area (Å²) >= 11 is 0. The molecule has 2 fully saturated rings. The molecule has 2 aliphatic heterocycles. The zero-order valence-electron chi connectivity index (χ0n) is 15.1. The second-order valence-corrected chi connectivity index (χ2v) is 6.84. The number of ether oxygens (including phenoxy) is 2. The van der Waals surface area contributed by atoms with E-state index < -0.39 is 0 Å². The van der Waals surface area contributed by atoms with E-state index in [1.165, 1.54) is 32.4 Å². The molecule has 2 saturated heterocycles. The van der Waals surface area contributed by atoms with Crippen molar-refractivity contribution in [2.24, 2.45) is 16.8 Å². The van der Waals surface area contributed by atoms with Crippen LogP contribution in [0.2, 0.25) is 0 Å². The van der Waals surface area contributed by atoms with Crippen LogP contribution in [0.3, 0.4) is 0 Å². The number of piperidine rings is 1. The minimum Gasteiger partial charge on any atom is -0.382 e. The van der Waals surface area contributed by atoms with Crippen LogP contribution in [0.5, 0.6) is 0 Å². The van der Waals surface area contributed by atoms with E-state index >= 15 is 0 Å². The van der Waals surface area contributed by atoms with Gasteiger partial charge in [-0.3, -0.25) is 4.99 Å². The highest BCUT2D eigenvalue weighted by Crippen LogP contribution is 2.18. The summed E-state index contributed by atoms with van der Waals surface area (Å²) in [4.78, 5) is 9.26. The number of guanidine groups is 1. The van der Waals surface area contributed by atoms with Crippen LogP contribution in [0.15, 0.2) is 4.99 Å². The normalized spacial score (nSPS) is 24.4. The number of likely N-dealkylation sites (tertiary alicyclic amines) is 2. The lowest BCUT2D eigenvalue weighted by atomic mass is 9.97. The molecule has 134 valence electrons. The summed E-state index contributed by atoms with van der Waals surface area (Å²) in [6, 6.07) is 0. The van der Waals surface area contributed by atoms with Gasteiger partial charge in [0.2, 0.25) is 0 Å². The zero-order chi connectivity index (χ0) is 16.5. The molecule has 23 heavy (non-hydrogen) atoms. The number of nitrogens with zero attached hydrogens (tertiary/aromatic N) is 3. The van der Waals surface area contributed by atoms with Gasteiger partial charge < -0.3 is 24.6 Å². The quantitative estimate of drug-likeness (QED) is 0.428. The molecule has 0 radical (unpaired) electrons. The second-order valence-electron chi connectivity index (χ2n) is 6.84.